The lowest BCUT2D eigenvalue weighted by atomic mass is 9.99. The Morgan fingerprint density at radius 3 is 2.95 bits per heavy atom. The summed E-state index contributed by atoms with van der Waals surface area (Å²) < 4.78 is 10.7. The van der Waals surface area contributed by atoms with Crippen LogP contribution < -0.4 is 10.5 Å². The molecule has 0 saturated heterocycles. The van der Waals surface area contributed by atoms with E-state index in [9.17, 15) is 0 Å². The van der Waals surface area contributed by atoms with Gasteiger partial charge in [0.05, 0.1) is 11.7 Å². The molecule has 2 aromatic rings. The van der Waals surface area contributed by atoms with E-state index in [-0.39, 0.29) is 6.61 Å². The van der Waals surface area contributed by atoms with Crippen molar-refractivity contribution in [1.82, 2.24) is 15.1 Å². The summed E-state index contributed by atoms with van der Waals surface area (Å²) in [5.74, 6) is 1.70. The monoisotopic (exact) mass is 260 g/mol. The lowest BCUT2D eigenvalue weighted by molar-refractivity contribution is 0.240. The maximum absolute atomic E-state index is 6.27. The van der Waals surface area contributed by atoms with Gasteiger partial charge in [0.25, 0.3) is 5.89 Å². The average Bonchev–Trinajstić information content (AvgIpc) is 3.07. The van der Waals surface area contributed by atoms with Gasteiger partial charge >= 0.3 is 0 Å². The number of aromatic nitrogens is 3. The van der Waals surface area contributed by atoms with E-state index >= 15 is 0 Å². The van der Waals surface area contributed by atoms with Crippen LogP contribution in [0.15, 0.2) is 29.0 Å². The number of ether oxygens (including phenoxy) is 1. The predicted octanol–water partition coefficient (Wildman–Crippen LogP) is 1.77. The second kappa shape index (κ2) is 4.97. The summed E-state index contributed by atoms with van der Waals surface area (Å²) >= 11 is 0. The molecule has 2 N–H and O–H groups in total. The fourth-order valence-corrected chi connectivity index (χ4v) is 2.32. The summed E-state index contributed by atoms with van der Waals surface area (Å²) in [6.45, 7) is 0.231. The van der Waals surface area contributed by atoms with Gasteiger partial charge in [-0.3, -0.25) is 4.98 Å². The van der Waals surface area contributed by atoms with Crippen molar-refractivity contribution in [3.63, 3.8) is 0 Å². The first-order valence-corrected chi connectivity index (χ1v) is 6.41. The van der Waals surface area contributed by atoms with Gasteiger partial charge in [0.15, 0.2) is 12.4 Å². The molecule has 2 heterocycles. The van der Waals surface area contributed by atoms with Gasteiger partial charge in [-0.1, -0.05) is 18.0 Å². The third-order valence-corrected chi connectivity index (χ3v) is 3.41. The summed E-state index contributed by atoms with van der Waals surface area (Å²) in [6.07, 6.45) is 7.39. The van der Waals surface area contributed by atoms with Crippen molar-refractivity contribution in [2.24, 2.45) is 5.73 Å². The van der Waals surface area contributed by atoms with Crippen LogP contribution >= 0.6 is 0 Å². The molecule has 0 aromatic carbocycles. The standard InChI is InChI=1S/C13H16N4O2/c14-13(5-1-2-6-13)12-16-11(19-17-12)9-18-10-4-3-7-15-8-10/h3-4,7-8H,1-2,5-6,9,14H2. The van der Waals surface area contributed by atoms with Crippen LogP contribution in [0, 0.1) is 0 Å². The SMILES string of the molecule is NC1(c2noc(COc3cccnc3)n2)CCCC1. The van der Waals surface area contributed by atoms with Crippen LogP contribution in [0.1, 0.15) is 37.4 Å². The summed E-state index contributed by atoms with van der Waals surface area (Å²) in [7, 11) is 0. The van der Waals surface area contributed by atoms with Crippen LogP contribution in [0.3, 0.4) is 0 Å². The van der Waals surface area contributed by atoms with E-state index in [0.29, 0.717) is 17.5 Å². The number of rotatable bonds is 4. The molecule has 6 heteroatoms. The van der Waals surface area contributed by atoms with E-state index in [1.165, 1.54) is 0 Å². The van der Waals surface area contributed by atoms with Crippen molar-refractivity contribution in [2.45, 2.75) is 37.8 Å². The van der Waals surface area contributed by atoms with Crippen LogP contribution in [-0.2, 0) is 12.1 Å². The zero-order valence-corrected chi connectivity index (χ0v) is 10.6. The minimum absolute atomic E-state index is 0.231. The molecule has 1 saturated carbocycles. The van der Waals surface area contributed by atoms with Gasteiger partial charge in [-0.2, -0.15) is 4.98 Å². The van der Waals surface area contributed by atoms with E-state index in [2.05, 4.69) is 15.1 Å². The Morgan fingerprint density at radius 1 is 1.37 bits per heavy atom. The molecule has 0 aliphatic heterocycles. The molecular formula is C13H16N4O2. The van der Waals surface area contributed by atoms with Gasteiger partial charge in [-0.25, -0.2) is 0 Å². The molecule has 0 unspecified atom stereocenters. The van der Waals surface area contributed by atoms with Crippen LogP contribution in [0.25, 0.3) is 0 Å². The largest absolute Gasteiger partial charge is 0.482 e. The van der Waals surface area contributed by atoms with Crippen molar-refractivity contribution in [2.75, 3.05) is 0 Å². The quantitative estimate of drug-likeness (QED) is 0.901. The van der Waals surface area contributed by atoms with Gasteiger partial charge in [-0.05, 0) is 25.0 Å². The highest BCUT2D eigenvalue weighted by atomic mass is 16.5. The average molecular weight is 260 g/mol. The molecule has 19 heavy (non-hydrogen) atoms. The second-order valence-electron chi connectivity index (χ2n) is 4.85. The smallest absolute Gasteiger partial charge is 0.264 e. The Kier molecular flexibility index (Phi) is 3.16. The van der Waals surface area contributed by atoms with Crippen molar-refractivity contribution in [1.29, 1.82) is 0 Å². The molecule has 3 rings (SSSR count). The molecule has 0 radical (unpaired) electrons. The topological polar surface area (TPSA) is 87.1 Å². The molecule has 1 aliphatic carbocycles. The molecular weight excluding hydrogens is 244 g/mol. The molecule has 0 amide bonds. The minimum atomic E-state index is -0.421. The number of nitrogens with zero attached hydrogens (tertiary/aromatic N) is 3. The van der Waals surface area contributed by atoms with Crippen LogP contribution in [-0.4, -0.2) is 15.1 Å². The molecule has 6 nitrogen and oxygen atoms in total. The Morgan fingerprint density at radius 2 is 2.21 bits per heavy atom. The maximum Gasteiger partial charge on any atom is 0.264 e. The molecule has 1 fully saturated rings. The van der Waals surface area contributed by atoms with Crippen molar-refractivity contribution < 1.29 is 9.26 Å². The summed E-state index contributed by atoms with van der Waals surface area (Å²) in [4.78, 5) is 8.30. The normalized spacial score (nSPS) is 17.5. The van der Waals surface area contributed by atoms with Gasteiger partial charge < -0.3 is 15.0 Å². The Labute approximate surface area is 111 Å². The Hall–Kier alpha value is -1.95. The molecule has 2 aromatic heterocycles. The number of pyridine rings is 1. The Bertz CT molecular complexity index is 535. The minimum Gasteiger partial charge on any atom is -0.482 e. The Balaban J connectivity index is 1.65. The third-order valence-electron chi connectivity index (χ3n) is 3.41. The fourth-order valence-electron chi connectivity index (χ4n) is 2.32. The summed E-state index contributed by atoms with van der Waals surface area (Å²) in [5, 5.41) is 3.98. The second-order valence-corrected chi connectivity index (χ2v) is 4.85. The highest BCUT2D eigenvalue weighted by Gasteiger charge is 2.35. The predicted molar refractivity (Wildman–Crippen MR) is 67.2 cm³/mol. The fraction of sp³-hybridized carbons (Fsp3) is 0.462. The van der Waals surface area contributed by atoms with Gasteiger partial charge in [-0.15, -0.1) is 0 Å². The van der Waals surface area contributed by atoms with Gasteiger partial charge in [0.1, 0.15) is 5.75 Å². The zero-order valence-electron chi connectivity index (χ0n) is 10.6. The van der Waals surface area contributed by atoms with Crippen LogP contribution in [0.5, 0.6) is 5.75 Å². The number of nitrogens with two attached hydrogens (primary N) is 1. The summed E-state index contributed by atoms with van der Waals surface area (Å²) in [5.41, 5.74) is 5.84. The van der Waals surface area contributed by atoms with E-state index in [1.807, 2.05) is 12.1 Å². The first kappa shape index (κ1) is 12.1. The molecule has 0 bridgehead atoms. The van der Waals surface area contributed by atoms with Crippen LogP contribution in [0.2, 0.25) is 0 Å². The summed E-state index contributed by atoms with van der Waals surface area (Å²) in [6, 6.07) is 3.63. The molecule has 1 aliphatic rings. The highest BCUT2D eigenvalue weighted by Crippen LogP contribution is 2.34. The third kappa shape index (κ3) is 2.58. The van der Waals surface area contributed by atoms with E-state index in [0.717, 1.165) is 25.7 Å². The van der Waals surface area contributed by atoms with Crippen molar-refractivity contribution in [3.8, 4) is 5.75 Å². The van der Waals surface area contributed by atoms with E-state index in [4.69, 9.17) is 15.0 Å². The number of hydrogen-bond donors (Lipinski definition) is 1. The number of hydrogen-bond acceptors (Lipinski definition) is 6. The lowest BCUT2D eigenvalue weighted by Crippen LogP contribution is -2.34. The van der Waals surface area contributed by atoms with Crippen molar-refractivity contribution in [3.05, 3.63) is 36.2 Å². The van der Waals surface area contributed by atoms with Gasteiger partial charge in [0.2, 0.25) is 0 Å². The maximum atomic E-state index is 6.27. The first-order chi connectivity index (χ1) is 9.26. The molecule has 0 spiro atoms. The van der Waals surface area contributed by atoms with Crippen LogP contribution in [0.4, 0.5) is 0 Å². The molecule has 0 atom stereocenters. The van der Waals surface area contributed by atoms with Crippen molar-refractivity contribution >= 4 is 0 Å². The lowest BCUT2D eigenvalue weighted by Gasteiger charge is -2.17. The van der Waals surface area contributed by atoms with Gasteiger partial charge in [0, 0.05) is 6.20 Å². The molecule has 100 valence electrons. The van der Waals surface area contributed by atoms with E-state index < -0.39 is 5.54 Å². The van der Waals surface area contributed by atoms with E-state index in [1.54, 1.807) is 12.4 Å². The first-order valence-electron chi connectivity index (χ1n) is 6.41. The highest BCUT2D eigenvalue weighted by molar-refractivity contribution is 5.15. The zero-order chi connectivity index (χ0) is 13.1.